The fourth-order valence-electron chi connectivity index (χ4n) is 3.44. The maximum absolute atomic E-state index is 6.46. The van der Waals surface area contributed by atoms with Gasteiger partial charge in [0.2, 0.25) is 0 Å². The molecule has 0 bridgehead atoms. The van der Waals surface area contributed by atoms with E-state index < -0.39 is 0 Å². The number of ether oxygens (including phenoxy) is 1. The summed E-state index contributed by atoms with van der Waals surface area (Å²) in [6.07, 6.45) is 3.47. The Hall–Kier alpha value is -0.670. The van der Waals surface area contributed by atoms with Crippen molar-refractivity contribution in [3.05, 3.63) is 29.3 Å². The predicted octanol–water partition coefficient (Wildman–Crippen LogP) is 4.08. The summed E-state index contributed by atoms with van der Waals surface area (Å²) in [5.41, 5.74) is 2.73. The number of fused-ring (bicyclic) bond motifs is 1. The molecule has 3 heteroatoms. The normalized spacial score (nSPS) is 32.1. The van der Waals surface area contributed by atoms with Crippen molar-refractivity contribution in [2.24, 2.45) is 0 Å². The van der Waals surface area contributed by atoms with E-state index in [4.69, 9.17) is 4.74 Å². The van der Waals surface area contributed by atoms with Crippen molar-refractivity contribution in [2.45, 2.75) is 56.9 Å². The maximum atomic E-state index is 6.46. The SMILES string of the molecule is CCCNC1CC2(CSC(C)C2)Oc2ccc(C)cc21. The Kier molecular flexibility index (Phi) is 4.00. The van der Waals surface area contributed by atoms with Gasteiger partial charge in [-0.3, -0.25) is 0 Å². The number of hydrogen-bond acceptors (Lipinski definition) is 3. The van der Waals surface area contributed by atoms with Crippen LogP contribution in [0.1, 0.15) is 50.3 Å². The van der Waals surface area contributed by atoms with Gasteiger partial charge in [0, 0.05) is 29.0 Å². The third-order valence-corrected chi connectivity index (χ3v) is 5.80. The third-order valence-electron chi connectivity index (χ3n) is 4.37. The van der Waals surface area contributed by atoms with Gasteiger partial charge >= 0.3 is 0 Å². The van der Waals surface area contributed by atoms with E-state index in [-0.39, 0.29) is 5.60 Å². The zero-order chi connectivity index (χ0) is 14.2. The van der Waals surface area contributed by atoms with Crippen LogP contribution in [-0.2, 0) is 0 Å². The van der Waals surface area contributed by atoms with Crippen molar-refractivity contribution >= 4 is 11.8 Å². The molecule has 0 aliphatic carbocycles. The molecule has 2 nitrogen and oxygen atoms in total. The molecule has 0 saturated carbocycles. The first-order chi connectivity index (χ1) is 9.62. The van der Waals surface area contributed by atoms with E-state index in [1.807, 2.05) is 0 Å². The largest absolute Gasteiger partial charge is 0.486 e. The van der Waals surface area contributed by atoms with Gasteiger partial charge in [0.15, 0.2) is 0 Å². The predicted molar refractivity (Wildman–Crippen MR) is 86.7 cm³/mol. The minimum absolute atomic E-state index is 0.0533. The Bertz CT molecular complexity index is 490. The first-order valence-electron chi connectivity index (χ1n) is 7.76. The van der Waals surface area contributed by atoms with Gasteiger partial charge in [-0.2, -0.15) is 11.8 Å². The van der Waals surface area contributed by atoms with E-state index >= 15 is 0 Å². The standard InChI is InChI=1S/C17H25NOS/c1-4-7-18-15-10-17(9-13(3)20-11-17)19-16-6-5-12(2)8-14(15)16/h5-6,8,13,15,18H,4,7,9-11H2,1-3H3. The lowest BCUT2D eigenvalue weighted by atomic mass is 9.85. The van der Waals surface area contributed by atoms with E-state index in [2.05, 4.69) is 56.0 Å². The van der Waals surface area contributed by atoms with Gasteiger partial charge in [0.1, 0.15) is 11.4 Å². The second kappa shape index (κ2) is 5.61. The zero-order valence-electron chi connectivity index (χ0n) is 12.7. The smallest absolute Gasteiger partial charge is 0.124 e. The molecule has 2 aliphatic rings. The number of hydrogen-bond donors (Lipinski definition) is 1. The molecule has 0 amide bonds. The van der Waals surface area contributed by atoms with Crippen molar-refractivity contribution in [1.82, 2.24) is 5.32 Å². The molecular formula is C17H25NOS. The highest BCUT2D eigenvalue weighted by Gasteiger charge is 2.45. The molecular weight excluding hydrogens is 266 g/mol. The molecule has 20 heavy (non-hydrogen) atoms. The van der Waals surface area contributed by atoms with Crippen LogP contribution in [0.5, 0.6) is 5.75 Å². The summed E-state index contributed by atoms with van der Waals surface area (Å²) in [6.45, 7) is 7.79. The summed E-state index contributed by atoms with van der Waals surface area (Å²) in [7, 11) is 0. The quantitative estimate of drug-likeness (QED) is 0.906. The summed E-state index contributed by atoms with van der Waals surface area (Å²) in [6, 6.07) is 7.07. The highest BCUT2D eigenvalue weighted by Crippen LogP contribution is 2.48. The Morgan fingerprint density at radius 2 is 2.25 bits per heavy atom. The second-order valence-corrected chi connectivity index (χ2v) is 7.79. The van der Waals surface area contributed by atoms with Crippen LogP contribution in [0.2, 0.25) is 0 Å². The number of rotatable bonds is 3. The lowest BCUT2D eigenvalue weighted by molar-refractivity contribution is 0.0513. The van der Waals surface area contributed by atoms with Crippen molar-refractivity contribution in [1.29, 1.82) is 0 Å². The summed E-state index contributed by atoms with van der Waals surface area (Å²) < 4.78 is 6.46. The minimum atomic E-state index is 0.0533. The van der Waals surface area contributed by atoms with Crippen molar-refractivity contribution in [3.8, 4) is 5.75 Å². The molecule has 2 heterocycles. The monoisotopic (exact) mass is 291 g/mol. The highest BCUT2D eigenvalue weighted by molar-refractivity contribution is 8.00. The minimum Gasteiger partial charge on any atom is -0.486 e. The van der Waals surface area contributed by atoms with Crippen LogP contribution in [0.15, 0.2) is 18.2 Å². The topological polar surface area (TPSA) is 21.3 Å². The van der Waals surface area contributed by atoms with E-state index in [9.17, 15) is 0 Å². The molecule has 0 radical (unpaired) electrons. The summed E-state index contributed by atoms with van der Waals surface area (Å²) in [5, 5.41) is 4.45. The molecule has 1 N–H and O–H groups in total. The maximum Gasteiger partial charge on any atom is 0.124 e. The molecule has 2 aliphatic heterocycles. The fraction of sp³-hybridized carbons (Fsp3) is 0.647. The number of nitrogens with one attached hydrogen (secondary N) is 1. The van der Waals surface area contributed by atoms with Crippen LogP contribution < -0.4 is 10.1 Å². The van der Waals surface area contributed by atoms with Gasteiger partial charge in [-0.05, 0) is 32.4 Å². The van der Waals surface area contributed by atoms with Crippen LogP contribution in [0.4, 0.5) is 0 Å². The Labute approximate surface area is 126 Å². The average Bonchev–Trinajstić information content (AvgIpc) is 2.77. The van der Waals surface area contributed by atoms with Crippen LogP contribution in [-0.4, -0.2) is 23.1 Å². The van der Waals surface area contributed by atoms with Gasteiger partial charge in [-0.1, -0.05) is 31.5 Å². The van der Waals surface area contributed by atoms with Crippen LogP contribution >= 0.6 is 11.8 Å². The molecule has 1 aromatic carbocycles. The van der Waals surface area contributed by atoms with E-state index in [0.29, 0.717) is 11.3 Å². The third kappa shape index (κ3) is 2.71. The first-order valence-corrected chi connectivity index (χ1v) is 8.81. The molecule has 110 valence electrons. The lowest BCUT2D eigenvalue weighted by Gasteiger charge is -2.40. The van der Waals surface area contributed by atoms with Gasteiger partial charge in [-0.15, -0.1) is 0 Å². The molecule has 1 fully saturated rings. The zero-order valence-corrected chi connectivity index (χ0v) is 13.6. The molecule has 1 spiro atoms. The molecule has 3 unspecified atom stereocenters. The van der Waals surface area contributed by atoms with E-state index in [1.165, 1.54) is 24.0 Å². The Morgan fingerprint density at radius 1 is 1.40 bits per heavy atom. The van der Waals surface area contributed by atoms with Crippen LogP contribution in [0, 0.1) is 6.92 Å². The fourth-order valence-corrected chi connectivity index (χ4v) is 4.74. The molecule has 3 rings (SSSR count). The average molecular weight is 291 g/mol. The van der Waals surface area contributed by atoms with E-state index in [0.717, 1.165) is 24.5 Å². The summed E-state index contributed by atoms with van der Waals surface area (Å²) in [4.78, 5) is 0. The summed E-state index contributed by atoms with van der Waals surface area (Å²) in [5.74, 6) is 2.23. The lowest BCUT2D eigenvalue weighted by Crippen LogP contribution is -2.44. The van der Waals surface area contributed by atoms with Crippen LogP contribution in [0.25, 0.3) is 0 Å². The number of aryl methyl sites for hydroxylation is 1. The second-order valence-electron chi connectivity index (χ2n) is 6.36. The molecule has 1 saturated heterocycles. The van der Waals surface area contributed by atoms with Crippen LogP contribution in [0.3, 0.4) is 0 Å². The molecule has 0 aromatic heterocycles. The molecule has 3 atom stereocenters. The number of benzene rings is 1. The van der Waals surface area contributed by atoms with Gasteiger partial charge < -0.3 is 10.1 Å². The number of thioether (sulfide) groups is 1. The Morgan fingerprint density at radius 3 is 2.95 bits per heavy atom. The first kappa shape index (κ1) is 14.3. The van der Waals surface area contributed by atoms with Gasteiger partial charge in [0.25, 0.3) is 0 Å². The van der Waals surface area contributed by atoms with E-state index in [1.54, 1.807) is 0 Å². The Balaban J connectivity index is 1.91. The van der Waals surface area contributed by atoms with Crippen molar-refractivity contribution < 1.29 is 4.74 Å². The molecule has 1 aromatic rings. The van der Waals surface area contributed by atoms with Gasteiger partial charge in [-0.25, -0.2) is 0 Å². The van der Waals surface area contributed by atoms with Gasteiger partial charge in [0.05, 0.1) is 0 Å². The summed E-state index contributed by atoms with van der Waals surface area (Å²) >= 11 is 2.05. The van der Waals surface area contributed by atoms with Crippen molar-refractivity contribution in [3.63, 3.8) is 0 Å². The highest BCUT2D eigenvalue weighted by atomic mass is 32.2. The van der Waals surface area contributed by atoms with Crippen molar-refractivity contribution in [2.75, 3.05) is 12.3 Å².